The Balaban J connectivity index is 1.68. The summed E-state index contributed by atoms with van der Waals surface area (Å²) in [6.07, 6.45) is 0. The number of hydrogen-bond donors (Lipinski definition) is 2. The maximum absolute atomic E-state index is 12.5. The molecule has 0 fully saturated rings. The normalized spacial score (nSPS) is 11.0. The maximum atomic E-state index is 12.5. The first-order valence-corrected chi connectivity index (χ1v) is 11.5. The Morgan fingerprint density at radius 2 is 1.56 bits per heavy atom. The van der Waals surface area contributed by atoms with E-state index in [1.807, 2.05) is 6.92 Å². The Morgan fingerprint density at radius 3 is 2.16 bits per heavy atom. The van der Waals surface area contributed by atoms with Crippen LogP contribution in [0.4, 0.5) is 11.4 Å². The number of halogens is 1. The van der Waals surface area contributed by atoms with E-state index >= 15 is 0 Å². The van der Waals surface area contributed by atoms with Crippen LogP contribution in [-0.2, 0) is 14.8 Å². The minimum atomic E-state index is -3.73. The first-order chi connectivity index (χ1) is 15.2. The van der Waals surface area contributed by atoms with Crippen molar-refractivity contribution in [1.82, 2.24) is 0 Å². The summed E-state index contributed by atoms with van der Waals surface area (Å²) in [6.45, 7) is 3.79. The van der Waals surface area contributed by atoms with Crippen LogP contribution < -0.4 is 10.0 Å². The molecule has 0 aliphatic carbocycles. The first kappa shape index (κ1) is 23.3. The van der Waals surface area contributed by atoms with Crippen LogP contribution in [-0.4, -0.2) is 26.9 Å². The van der Waals surface area contributed by atoms with Crippen molar-refractivity contribution in [3.8, 4) is 0 Å². The van der Waals surface area contributed by atoms with Gasteiger partial charge in [0.05, 0.1) is 22.1 Å². The number of rotatable bonds is 7. The van der Waals surface area contributed by atoms with Crippen molar-refractivity contribution in [3.63, 3.8) is 0 Å². The van der Waals surface area contributed by atoms with Crippen LogP contribution in [0, 0.1) is 6.92 Å². The van der Waals surface area contributed by atoms with Gasteiger partial charge in [-0.2, -0.15) is 0 Å². The van der Waals surface area contributed by atoms with Gasteiger partial charge in [-0.3, -0.25) is 9.52 Å². The molecule has 0 unspecified atom stereocenters. The molecule has 9 heteroatoms. The Labute approximate surface area is 191 Å². The Bertz CT molecular complexity index is 1240. The van der Waals surface area contributed by atoms with E-state index in [0.717, 1.165) is 5.56 Å². The van der Waals surface area contributed by atoms with Crippen LogP contribution >= 0.6 is 11.6 Å². The quantitative estimate of drug-likeness (QED) is 0.477. The van der Waals surface area contributed by atoms with Crippen LogP contribution in [0.3, 0.4) is 0 Å². The van der Waals surface area contributed by atoms with Gasteiger partial charge in [0.2, 0.25) is 0 Å². The molecule has 0 atom stereocenters. The molecule has 0 heterocycles. The molecule has 0 bridgehead atoms. The molecule has 0 spiro atoms. The Hall–Kier alpha value is -3.36. The van der Waals surface area contributed by atoms with Crippen LogP contribution in [0.25, 0.3) is 0 Å². The standard InChI is InChI=1S/C23H21ClN2O5S/c1-3-31-23(28)20-13-10-18(14-21(20)24)25-22(27)16-6-8-17(9-7-16)26-32(29,30)19-11-4-15(2)5-12-19/h4-14,26H,3H2,1-2H3,(H,25,27). The number of benzene rings is 3. The third-order valence-electron chi connectivity index (χ3n) is 4.45. The molecule has 0 aliphatic heterocycles. The average molecular weight is 473 g/mol. The van der Waals surface area contributed by atoms with Gasteiger partial charge < -0.3 is 10.1 Å². The summed E-state index contributed by atoms with van der Waals surface area (Å²) < 4.78 is 32.4. The lowest BCUT2D eigenvalue weighted by molar-refractivity contribution is 0.0526. The highest BCUT2D eigenvalue weighted by Gasteiger charge is 2.15. The lowest BCUT2D eigenvalue weighted by Crippen LogP contribution is -2.14. The van der Waals surface area contributed by atoms with E-state index in [2.05, 4.69) is 10.0 Å². The number of sulfonamides is 1. The fourth-order valence-electron chi connectivity index (χ4n) is 2.79. The molecule has 2 N–H and O–H groups in total. The molecule has 0 radical (unpaired) electrons. The number of carbonyl (C=O) groups excluding carboxylic acids is 2. The monoisotopic (exact) mass is 472 g/mol. The molecule has 0 saturated carbocycles. The molecular formula is C23H21ClN2O5S. The minimum Gasteiger partial charge on any atom is -0.462 e. The zero-order valence-electron chi connectivity index (χ0n) is 17.4. The second-order valence-electron chi connectivity index (χ2n) is 6.87. The van der Waals surface area contributed by atoms with Gasteiger partial charge in [-0.05, 0) is 68.4 Å². The fraction of sp³-hybridized carbons (Fsp3) is 0.130. The van der Waals surface area contributed by atoms with Crippen LogP contribution in [0.1, 0.15) is 33.2 Å². The summed E-state index contributed by atoms with van der Waals surface area (Å²) in [7, 11) is -3.73. The number of esters is 1. The molecule has 0 saturated heterocycles. The summed E-state index contributed by atoms with van der Waals surface area (Å²) in [5, 5.41) is 2.84. The number of carbonyl (C=O) groups is 2. The summed E-state index contributed by atoms with van der Waals surface area (Å²) in [5.41, 5.74) is 2.20. The summed E-state index contributed by atoms with van der Waals surface area (Å²) in [6, 6.07) is 16.9. The third kappa shape index (κ3) is 5.66. The van der Waals surface area contributed by atoms with Gasteiger partial charge >= 0.3 is 5.97 Å². The van der Waals surface area contributed by atoms with Gasteiger partial charge in [0.1, 0.15) is 0 Å². The highest BCUT2D eigenvalue weighted by molar-refractivity contribution is 7.92. The molecular weight excluding hydrogens is 452 g/mol. The maximum Gasteiger partial charge on any atom is 0.339 e. The highest BCUT2D eigenvalue weighted by atomic mass is 35.5. The largest absolute Gasteiger partial charge is 0.462 e. The van der Waals surface area contributed by atoms with E-state index in [1.54, 1.807) is 25.1 Å². The van der Waals surface area contributed by atoms with Gasteiger partial charge in [0.15, 0.2) is 0 Å². The third-order valence-corrected chi connectivity index (χ3v) is 6.16. The van der Waals surface area contributed by atoms with Gasteiger partial charge in [-0.15, -0.1) is 0 Å². The lowest BCUT2D eigenvalue weighted by atomic mass is 10.1. The number of amides is 1. The van der Waals surface area contributed by atoms with Gasteiger partial charge in [0.25, 0.3) is 15.9 Å². The molecule has 32 heavy (non-hydrogen) atoms. The summed E-state index contributed by atoms with van der Waals surface area (Å²) >= 11 is 6.11. The van der Waals surface area contributed by atoms with Crippen molar-refractivity contribution in [2.24, 2.45) is 0 Å². The van der Waals surface area contributed by atoms with E-state index < -0.39 is 21.9 Å². The van der Waals surface area contributed by atoms with Gasteiger partial charge in [-0.1, -0.05) is 29.3 Å². The molecule has 7 nitrogen and oxygen atoms in total. The van der Waals surface area contributed by atoms with Crippen molar-refractivity contribution >= 4 is 44.9 Å². The Kier molecular flexibility index (Phi) is 7.17. The van der Waals surface area contributed by atoms with E-state index in [0.29, 0.717) is 16.9 Å². The topological polar surface area (TPSA) is 102 Å². The number of nitrogens with one attached hydrogen (secondary N) is 2. The summed E-state index contributed by atoms with van der Waals surface area (Å²) in [4.78, 5) is 24.5. The van der Waals surface area contributed by atoms with Gasteiger partial charge in [-0.25, -0.2) is 13.2 Å². The molecule has 166 valence electrons. The first-order valence-electron chi connectivity index (χ1n) is 9.67. The molecule has 3 rings (SSSR count). The zero-order valence-corrected chi connectivity index (χ0v) is 19.0. The second kappa shape index (κ2) is 9.84. The van der Waals surface area contributed by atoms with Crippen molar-refractivity contribution in [3.05, 3.63) is 88.4 Å². The molecule has 3 aromatic rings. The van der Waals surface area contributed by atoms with Crippen LogP contribution in [0.15, 0.2) is 71.6 Å². The number of aryl methyl sites for hydroxylation is 1. The predicted molar refractivity (Wildman–Crippen MR) is 124 cm³/mol. The Morgan fingerprint density at radius 1 is 0.938 bits per heavy atom. The van der Waals surface area contributed by atoms with Gasteiger partial charge in [0, 0.05) is 16.9 Å². The summed E-state index contributed by atoms with van der Waals surface area (Å²) in [5.74, 6) is -0.961. The lowest BCUT2D eigenvalue weighted by Gasteiger charge is -2.10. The van der Waals surface area contributed by atoms with Crippen molar-refractivity contribution in [2.45, 2.75) is 18.7 Å². The van der Waals surface area contributed by atoms with E-state index in [1.165, 1.54) is 48.5 Å². The molecule has 1 amide bonds. The number of anilines is 2. The fourth-order valence-corrected chi connectivity index (χ4v) is 4.11. The van der Waals surface area contributed by atoms with E-state index in [-0.39, 0.29) is 22.1 Å². The van der Waals surface area contributed by atoms with E-state index in [9.17, 15) is 18.0 Å². The van der Waals surface area contributed by atoms with E-state index in [4.69, 9.17) is 16.3 Å². The number of ether oxygens (including phenoxy) is 1. The number of hydrogen-bond acceptors (Lipinski definition) is 5. The highest BCUT2D eigenvalue weighted by Crippen LogP contribution is 2.23. The second-order valence-corrected chi connectivity index (χ2v) is 8.95. The average Bonchev–Trinajstić information content (AvgIpc) is 2.74. The smallest absolute Gasteiger partial charge is 0.339 e. The zero-order chi connectivity index (χ0) is 23.3. The SMILES string of the molecule is CCOC(=O)c1ccc(NC(=O)c2ccc(NS(=O)(=O)c3ccc(C)cc3)cc2)cc1Cl. The van der Waals surface area contributed by atoms with Crippen LogP contribution in [0.2, 0.25) is 5.02 Å². The molecule has 0 aliphatic rings. The molecule has 3 aromatic carbocycles. The van der Waals surface area contributed by atoms with Crippen LogP contribution in [0.5, 0.6) is 0 Å². The van der Waals surface area contributed by atoms with Crippen molar-refractivity contribution < 1.29 is 22.7 Å². The van der Waals surface area contributed by atoms with Crippen molar-refractivity contribution in [1.29, 1.82) is 0 Å². The van der Waals surface area contributed by atoms with Crippen molar-refractivity contribution in [2.75, 3.05) is 16.6 Å². The molecule has 0 aromatic heterocycles. The minimum absolute atomic E-state index is 0.146. The predicted octanol–water partition coefficient (Wildman–Crippen LogP) is 4.88.